The average molecular weight is 216 g/mol. The van der Waals surface area contributed by atoms with Crippen LogP contribution in [0.15, 0.2) is 11.7 Å². The highest BCUT2D eigenvalue weighted by atomic mass is 32.1. The minimum Gasteiger partial charge on any atom is -0.366 e. The van der Waals surface area contributed by atoms with Gasteiger partial charge in [-0.1, -0.05) is 0 Å². The standard InChI is InChI=1S/C8H12N2O3S/c1-10(12-2)8(11)5-13-4-7-3-9-6-14-7/h3,6H,4-5H2,1-2H3. The number of hydrogen-bond donors (Lipinski definition) is 0. The molecule has 78 valence electrons. The first-order valence-electron chi connectivity index (χ1n) is 4.00. The number of thiazole rings is 1. The molecule has 1 aromatic heterocycles. The predicted molar refractivity (Wildman–Crippen MR) is 51.5 cm³/mol. The third-order valence-electron chi connectivity index (χ3n) is 1.58. The van der Waals surface area contributed by atoms with Gasteiger partial charge in [-0.2, -0.15) is 0 Å². The highest BCUT2D eigenvalue weighted by Gasteiger charge is 2.07. The van der Waals surface area contributed by atoms with E-state index >= 15 is 0 Å². The van der Waals surface area contributed by atoms with Gasteiger partial charge in [0.25, 0.3) is 5.91 Å². The normalized spacial score (nSPS) is 10.1. The zero-order valence-corrected chi connectivity index (χ0v) is 8.91. The van der Waals surface area contributed by atoms with Gasteiger partial charge >= 0.3 is 0 Å². The molecular weight excluding hydrogens is 204 g/mol. The molecule has 0 aliphatic heterocycles. The van der Waals surface area contributed by atoms with Crippen molar-refractivity contribution in [3.05, 3.63) is 16.6 Å². The minimum atomic E-state index is -0.211. The van der Waals surface area contributed by atoms with Gasteiger partial charge in [-0.05, 0) is 0 Å². The highest BCUT2D eigenvalue weighted by molar-refractivity contribution is 7.09. The van der Waals surface area contributed by atoms with Gasteiger partial charge in [0.15, 0.2) is 0 Å². The van der Waals surface area contributed by atoms with Crippen molar-refractivity contribution in [3.63, 3.8) is 0 Å². The number of amides is 1. The summed E-state index contributed by atoms with van der Waals surface area (Å²) in [7, 11) is 2.97. The number of aromatic nitrogens is 1. The molecule has 0 aliphatic rings. The minimum absolute atomic E-state index is 0.0161. The second kappa shape index (κ2) is 5.69. The van der Waals surface area contributed by atoms with Gasteiger partial charge in [0, 0.05) is 13.2 Å². The molecule has 0 atom stereocenters. The van der Waals surface area contributed by atoms with E-state index in [1.807, 2.05) is 0 Å². The van der Waals surface area contributed by atoms with E-state index in [2.05, 4.69) is 4.98 Å². The van der Waals surface area contributed by atoms with E-state index in [9.17, 15) is 4.79 Å². The molecule has 0 fully saturated rings. The fourth-order valence-electron chi connectivity index (χ4n) is 0.745. The first-order valence-corrected chi connectivity index (χ1v) is 4.87. The Bertz CT molecular complexity index is 276. The number of likely N-dealkylation sites (N-methyl/N-ethyl adjacent to an activating group) is 1. The van der Waals surface area contributed by atoms with Crippen molar-refractivity contribution < 1.29 is 14.4 Å². The van der Waals surface area contributed by atoms with Crippen LogP contribution < -0.4 is 0 Å². The molecule has 1 amide bonds. The topological polar surface area (TPSA) is 51.7 Å². The maximum Gasteiger partial charge on any atom is 0.271 e. The summed E-state index contributed by atoms with van der Waals surface area (Å²) in [5.74, 6) is -0.211. The van der Waals surface area contributed by atoms with Crippen LogP contribution in [-0.2, 0) is 21.0 Å². The highest BCUT2D eigenvalue weighted by Crippen LogP contribution is 2.06. The molecule has 5 nitrogen and oxygen atoms in total. The summed E-state index contributed by atoms with van der Waals surface area (Å²) in [4.78, 5) is 20.7. The van der Waals surface area contributed by atoms with E-state index in [0.717, 1.165) is 9.94 Å². The zero-order valence-electron chi connectivity index (χ0n) is 8.10. The molecule has 1 aromatic rings. The first-order chi connectivity index (χ1) is 6.74. The number of hydrogen-bond acceptors (Lipinski definition) is 5. The molecule has 0 radical (unpaired) electrons. The van der Waals surface area contributed by atoms with Gasteiger partial charge in [0.05, 0.1) is 24.1 Å². The molecule has 0 spiro atoms. The fraction of sp³-hybridized carbons (Fsp3) is 0.500. The Morgan fingerprint density at radius 2 is 2.50 bits per heavy atom. The largest absolute Gasteiger partial charge is 0.366 e. The molecule has 6 heteroatoms. The van der Waals surface area contributed by atoms with E-state index in [1.165, 1.54) is 18.4 Å². The van der Waals surface area contributed by atoms with Gasteiger partial charge < -0.3 is 4.74 Å². The van der Waals surface area contributed by atoms with Crippen molar-refractivity contribution in [1.29, 1.82) is 0 Å². The van der Waals surface area contributed by atoms with Gasteiger partial charge in [-0.15, -0.1) is 11.3 Å². The molecule has 0 bridgehead atoms. The number of carbonyl (C=O) groups excluding carboxylic acids is 1. The second-order valence-corrected chi connectivity index (χ2v) is 3.51. The third-order valence-corrected chi connectivity index (χ3v) is 2.33. The van der Waals surface area contributed by atoms with Crippen LogP contribution in [0, 0.1) is 0 Å². The summed E-state index contributed by atoms with van der Waals surface area (Å²) in [6.45, 7) is 0.427. The van der Waals surface area contributed by atoms with Crippen molar-refractivity contribution in [3.8, 4) is 0 Å². The Balaban J connectivity index is 2.18. The van der Waals surface area contributed by atoms with Gasteiger partial charge in [0.1, 0.15) is 6.61 Å². The monoisotopic (exact) mass is 216 g/mol. The van der Waals surface area contributed by atoms with Crippen LogP contribution >= 0.6 is 11.3 Å². The molecule has 0 unspecified atom stereocenters. The van der Waals surface area contributed by atoms with Gasteiger partial charge in [0.2, 0.25) is 0 Å². The second-order valence-electron chi connectivity index (χ2n) is 2.53. The van der Waals surface area contributed by atoms with Crippen LogP contribution in [0.5, 0.6) is 0 Å². The SMILES string of the molecule is CON(C)C(=O)COCc1cncs1. The van der Waals surface area contributed by atoms with E-state index in [-0.39, 0.29) is 12.5 Å². The van der Waals surface area contributed by atoms with Gasteiger partial charge in [-0.25, -0.2) is 5.06 Å². The zero-order chi connectivity index (χ0) is 10.4. The summed E-state index contributed by atoms with van der Waals surface area (Å²) >= 11 is 1.50. The number of carbonyl (C=O) groups is 1. The summed E-state index contributed by atoms with van der Waals surface area (Å²) < 4.78 is 5.16. The van der Waals surface area contributed by atoms with E-state index in [4.69, 9.17) is 9.57 Å². The van der Waals surface area contributed by atoms with Crippen LogP contribution in [0.4, 0.5) is 0 Å². The lowest BCUT2D eigenvalue weighted by Gasteiger charge is -2.12. The van der Waals surface area contributed by atoms with E-state index in [0.29, 0.717) is 6.61 Å². The Morgan fingerprint density at radius 1 is 1.71 bits per heavy atom. The van der Waals surface area contributed by atoms with Crippen LogP contribution in [0.2, 0.25) is 0 Å². The van der Waals surface area contributed by atoms with E-state index < -0.39 is 0 Å². The van der Waals surface area contributed by atoms with Gasteiger partial charge in [-0.3, -0.25) is 14.6 Å². The molecule has 0 saturated heterocycles. The molecule has 0 saturated carbocycles. The van der Waals surface area contributed by atoms with Crippen LogP contribution in [0.3, 0.4) is 0 Å². The summed E-state index contributed by atoms with van der Waals surface area (Å²) in [5.41, 5.74) is 1.72. The maximum absolute atomic E-state index is 11.2. The predicted octanol–water partition coefficient (Wildman–Crippen LogP) is 0.679. The molecular formula is C8H12N2O3S. The average Bonchev–Trinajstić information content (AvgIpc) is 2.69. The summed E-state index contributed by atoms with van der Waals surface area (Å²) in [6.07, 6.45) is 1.72. The van der Waals surface area contributed by atoms with Crippen molar-refractivity contribution >= 4 is 17.2 Å². The summed E-state index contributed by atoms with van der Waals surface area (Å²) in [5, 5.41) is 1.13. The Labute approximate surface area is 86.2 Å². The third kappa shape index (κ3) is 3.41. The van der Waals surface area contributed by atoms with Crippen LogP contribution in [-0.4, -0.2) is 36.7 Å². The van der Waals surface area contributed by atoms with Crippen molar-refractivity contribution in [2.75, 3.05) is 20.8 Å². The Morgan fingerprint density at radius 3 is 3.07 bits per heavy atom. The lowest BCUT2D eigenvalue weighted by atomic mass is 10.6. The molecule has 1 rings (SSSR count). The Kier molecular flexibility index (Phi) is 4.51. The van der Waals surface area contributed by atoms with Crippen molar-refractivity contribution in [2.24, 2.45) is 0 Å². The lowest BCUT2D eigenvalue weighted by molar-refractivity contribution is -0.173. The van der Waals surface area contributed by atoms with Crippen molar-refractivity contribution in [2.45, 2.75) is 6.61 Å². The maximum atomic E-state index is 11.2. The number of nitrogens with zero attached hydrogens (tertiary/aromatic N) is 2. The quantitative estimate of drug-likeness (QED) is 0.679. The van der Waals surface area contributed by atoms with Crippen LogP contribution in [0.1, 0.15) is 4.88 Å². The smallest absolute Gasteiger partial charge is 0.271 e. The fourth-order valence-corrected chi connectivity index (χ4v) is 1.28. The molecule has 0 N–H and O–H groups in total. The first kappa shape index (κ1) is 11.1. The van der Waals surface area contributed by atoms with E-state index in [1.54, 1.807) is 18.8 Å². The molecule has 0 aliphatic carbocycles. The molecule has 14 heavy (non-hydrogen) atoms. The summed E-state index contributed by atoms with van der Waals surface area (Å²) in [6, 6.07) is 0. The number of ether oxygens (including phenoxy) is 1. The van der Waals surface area contributed by atoms with Crippen molar-refractivity contribution in [1.82, 2.24) is 10.0 Å². The molecule has 1 heterocycles. The lowest BCUT2D eigenvalue weighted by Crippen LogP contribution is -2.29. The number of rotatable bonds is 5. The van der Waals surface area contributed by atoms with Crippen LogP contribution in [0.25, 0.3) is 0 Å². The Hall–Kier alpha value is -0.980. The number of hydroxylamine groups is 2. The molecule has 0 aromatic carbocycles.